The summed E-state index contributed by atoms with van der Waals surface area (Å²) in [6, 6.07) is 25.2. The fraction of sp³-hybridized carbons (Fsp3) is 0.0870. The Morgan fingerprint density at radius 2 is 1.21 bits per heavy atom. The normalized spacial score (nSPS) is 16.8. The van der Waals surface area contributed by atoms with Gasteiger partial charge in [-0.3, -0.25) is 5.01 Å². The number of nitriles is 1. The zero-order valence-electron chi connectivity index (χ0n) is 15.2. The molecule has 144 valence electrons. The second-order valence-electron chi connectivity index (χ2n) is 6.51. The van der Waals surface area contributed by atoms with Gasteiger partial charge < -0.3 is 0 Å². The van der Waals surface area contributed by atoms with Gasteiger partial charge in [0.2, 0.25) is 0 Å². The van der Waals surface area contributed by atoms with Crippen LogP contribution in [0.5, 0.6) is 0 Å². The summed E-state index contributed by atoms with van der Waals surface area (Å²) in [6.07, 6.45) is -4.60. The number of benzene rings is 3. The van der Waals surface area contributed by atoms with Crippen molar-refractivity contribution in [1.82, 2.24) is 0 Å². The molecule has 0 radical (unpaired) electrons. The van der Waals surface area contributed by atoms with Crippen LogP contribution in [0, 0.1) is 11.3 Å². The predicted octanol–water partition coefficient (Wildman–Crippen LogP) is 5.79. The van der Waals surface area contributed by atoms with Crippen LogP contribution in [0.3, 0.4) is 0 Å². The molecule has 0 bridgehead atoms. The maximum Gasteiger partial charge on any atom is 0.415 e. The molecular formula is C23H16F3N3. The van der Waals surface area contributed by atoms with Crippen molar-refractivity contribution in [1.29, 1.82) is 5.26 Å². The first-order chi connectivity index (χ1) is 14.0. The largest absolute Gasteiger partial charge is 0.415 e. The number of allylic oxidation sites excluding steroid dienone is 1. The van der Waals surface area contributed by atoms with Crippen LogP contribution in [0.25, 0.3) is 5.57 Å². The monoisotopic (exact) mass is 391 g/mol. The Kier molecular flexibility index (Phi) is 4.73. The first-order valence-corrected chi connectivity index (χ1v) is 8.98. The van der Waals surface area contributed by atoms with E-state index in [0.717, 1.165) is 5.01 Å². The van der Waals surface area contributed by atoms with Crippen molar-refractivity contribution in [2.24, 2.45) is 0 Å². The zero-order valence-corrected chi connectivity index (χ0v) is 15.2. The number of halogens is 3. The van der Waals surface area contributed by atoms with Gasteiger partial charge in [-0.25, -0.2) is 5.01 Å². The highest BCUT2D eigenvalue weighted by molar-refractivity contribution is 5.89. The number of alkyl halides is 3. The van der Waals surface area contributed by atoms with Crippen molar-refractivity contribution in [3.63, 3.8) is 0 Å². The first-order valence-electron chi connectivity index (χ1n) is 8.98. The van der Waals surface area contributed by atoms with E-state index >= 15 is 0 Å². The molecule has 0 spiro atoms. The van der Waals surface area contributed by atoms with Gasteiger partial charge in [0.15, 0.2) is 6.04 Å². The van der Waals surface area contributed by atoms with Crippen LogP contribution in [-0.4, -0.2) is 12.2 Å². The number of hydrazine groups is 1. The van der Waals surface area contributed by atoms with Gasteiger partial charge in [-0.1, -0.05) is 66.7 Å². The molecule has 3 aromatic carbocycles. The summed E-state index contributed by atoms with van der Waals surface area (Å²) in [4.78, 5) is 0. The Morgan fingerprint density at radius 1 is 0.724 bits per heavy atom. The summed E-state index contributed by atoms with van der Waals surface area (Å²) in [5, 5.41) is 12.4. The predicted molar refractivity (Wildman–Crippen MR) is 107 cm³/mol. The van der Waals surface area contributed by atoms with Gasteiger partial charge in [0.25, 0.3) is 0 Å². The fourth-order valence-corrected chi connectivity index (χ4v) is 3.58. The van der Waals surface area contributed by atoms with Gasteiger partial charge in [0.05, 0.1) is 11.4 Å². The van der Waals surface area contributed by atoms with Crippen molar-refractivity contribution in [2.45, 2.75) is 12.2 Å². The van der Waals surface area contributed by atoms with Crippen LogP contribution >= 0.6 is 0 Å². The number of para-hydroxylation sites is 2. The third kappa shape index (κ3) is 3.32. The third-order valence-corrected chi connectivity index (χ3v) is 4.72. The molecule has 3 aromatic rings. The summed E-state index contributed by atoms with van der Waals surface area (Å²) in [7, 11) is 0. The molecule has 0 saturated carbocycles. The van der Waals surface area contributed by atoms with E-state index in [1.165, 1.54) is 5.01 Å². The molecule has 0 saturated heterocycles. The molecule has 1 unspecified atom stereocenters. The fourth-order valence-electron chi connectivity index (χ4n) is 3.58. The Labute approximate surface area is 166 Å². The number of hydrogen-bond acceptors (Lipinski definition) is 3. The van der Waals surface area contributed by atoms with Crippen LogP contribution < -0.4 is 10.0 Å². The van der Waals surface area contributed by atoms with Crippen LogP contribution in [0.1, 0.15) is 5.56 Å². The second-order valence-corrected chi connectivity index (χ2v) is 6.51. The Morgan fingerprint density at radius 3 is 1.69 bits per heavy atom. The van der Waals surface area contributed by atoms with Crippen LogP contribution in [-0.2, 0) is 0 Å². The van der Waals surface area contributed by atoms with Crippen molar-refractivity contribution in [3.8, 4) is 6.07 Å². The van der Waals surface area contributed by atoms with E-state index < -0.39 is 12.2 Å². The van der Waals surface area contributed by atoms with Crippen LogP contribution in [0.4, 0.5) is 24.5 Å². The van der Waals surface area contributed by atoms with E-state index in [4.69, 9.17) is 0 Å². The van der Waals surface area contributed by atoms with Gasteiger partial charge in [-0.05, 0) is 29.8 Å². The van der Waals surface area contributed by atoms with Crippen molar-refractivity contribution < 1.29 is 13.2 Å². The minimum absolute atomic E-state index is 0.0476. The maximum absolute atomic E-state index is 14.4. The molecule has 6 heteroatoms. The highest BCUT2D eigenvalue weighted by atomic mass is 19.4. The highest BCUT2D eigenvalue weighted by Crippen LogP contribution is 2.47. The molecule has 1 aliphatic heterocycles. The quantitative estimate of drug-likeness (QED) is 0.566. The smallest absolute Gasteiger partial charge is 0.263 e. The van der Waals surface area contributed by atoms with E-state index in [-0.39, 0.29) is 11.3 Å². The molecule has 4 rings (SSSR count). The summed E-state index contributed by atoms with van der Waals surface area (Å²) in [5.74, 6) is 0. The van der Waals surface area contributed by atoms with Gasteiger partial charge in [0, 0.05) is 5.57 Å². The Hall–Kier alpha value is -3.72. The van der Waals surface area contributed by atoms with E-state index in [9.17, 15) is 18.4 Å². The molecule has 0 N–H and O–H groups in total. The molecule has 0 aliphatic carbocycles. The summed E-state index contributed by atoms with van der Waals surface area (Å²) in [5.41, 5.74) is 1.08. The molecule has 0 aromatic heterocycles. The molecule has 1 heterocycles. The maximum atomic E-state index is 14.4. The van der Waals surface area contributed by atoms with Gasteiger partial charge >= 0.3 is 6.18 Å². The van der Waals surface area contributed by atoms with Crippen LogP contribution in [0.2, 0.25) is 0 Å². The molecule has 0 amide bonds. The standard InChI is InChI=1S/C23H16F3N3/c24-23(25,26)22-21(17-10-4-1-5-11-17)20(16-27)28(18-12-6-2-7-13-18)29(22)19-14-8-3-9-15-19/h1-15,22H. The first kappa shape index (κ1) is 18.6. The lowest BCUT2D eigenvalue weighted by Gasteiger charge is -2.37. The van der Waals surface area contributed by atoms with Gasteiger partial charge in [-0.2, -0.15) is 18.4 Å². The number of anilines is 2. The minimum Gasteiger partial charge on any atom is -0.263 e. The van der Waals surface area contributed by atoms with E-state index in [2.05, 4.69) is 0 Å². The SMILES string of the molecule is N#CC1=C(c2ccccc2)C(C(F)(F)F)N(c2ccccc2)N1c1ccccc1. The van der Waals surface area contributed by atoms with Crippen LogP contribution in [0.15, 0.2) is 96.7 Å². The Balaban J connectivity index is 2.02. The summed E-state index contributed by atoms with van der Waals surface area (Å²) in [6.45, 7) is 0. The van der Waals surface area contributed by atoms with Crippen molar-refractivity contribution in [3.05, 3.63) is 102 Å². The lowest BCUT2D eigenvalue weighted by atomic mass is 9.97. The molecule has 3 nitrogen and oxygen atoms in total. The molecule has 0 fully saturated rings. The lowest BCUT2D eigenvalue weighted by Crippen LogP contribution is -2.50. The van der Waals surface area contributed by atoms with E-state index in [1.54, 1.807) is 91.0 Å². The molecular weight excluding hydrogens is 375 g/mol. The van der Waals surface area contributed by atoms with Gasteiger partial charge in [-0.15, -0.1) is 0 Å². The van der Waals surface area contributed by atoms with Gasteiger partial charge in [0.1, 0.15) is 11.8 Å². The number of rotatable bonds is 3. The minimum atomic E-state index is -4.60. The zero-order chi connectivity index (χ0) is 20.4. The van der Waals surface area contributed by atoms with E-state index in [0.29, 0.717) is 16.9 Å². The highest BCUT2D eigenvalue weighted by Gasteiger charge is 2.54. The Bertz CT molecular complexity index is 1060. The summed E-state index contributed by atoms with van der Waals surface area (Å²) >= 11 is 0. The summed E-state index contributed by atoms with van der Waals surface area (Å²) < 4.78 is 43.3. The third-order valence-electron chi connectivity index (χ3n) is 4.72. The number of hydrogen-bond donors (Lipinski definition) is 0. The van der Waals surface area contributed by atoms with Crippen molar-refractivity contribution in [2.75, 3.05) is 10.0 Å². The lowest BCUT2D eigenvalue weighted by molar-refractivity contribution is -0.134. The second kappa shape index (κ2) is 7.36. The average Bonchev–Trinajstić information content (AvgIpc) is 3.11. The van der Waals surface area contributed by atoms with Crippen molar-refractivity contribution >= 4 is 16.9 Å². The molecule has 1 atom stereocenters. The molecule has 1 aliphatic rings. The molecule has 29 heavy (non-hydrogen) atoms. The average molecular weight is 391 g/mol. The van der Waals surface area contributed by atoms with E-state index in [1.807, 2.05) is 6.07 Å². The topological polar surface area (TPSA) is 30.3 Å². The number of nitrogens with zero attached hydrogens (tertiary/aromatic N) is 3.